The van der Waals surface area contributed by atoms with Crippen LogP contribution in [-0.2, 0) is 17.0 Å². The predicted octanol–water partition coefficient (Wildman–Crippen LogP) is 3.91. The van der Waals surface area contributed by atoms with Crippen LogP contribution in [0.15, 0.2) is 59.1 Å². The maximum absolute atomic E-state index is 12.3. The van der Waals surface area contributed by atoms with Crippen LogP contribution >= 0.6 is 23.1 Å². The number of benzene rings is 2. The Bertz CT molecular complexity index is 1170. The van der Waals surface area contributed by atoms with Gasteiger partial charge in [-0.3, -0.25) is 4.79 Å². The van der Waals surface area contributed by atoms with Gasteiger partial charge in [-0.05, 0) is 41.6 Å². The number of hydrogen-bond acceptors (Lipinski definition) is 8. The van der Waals surface area contributed by atoms with Gasteiger partial charge in [0, 0.05) is 16.8 Å². The third kappa shape index (κ3) is 5.28. The van der Waals surface area contributed by atoms with E-state index >= 15 is 0 Å². The number of para-hydroxylation sites is 2. The summed E-state index contributed by atoms with van der Waals surface area (Å²) in [5, 5.41) is 18.2. The molecule has 0 fully saturated rings. The van der Waals surface area contributed by atoms with Crippen molar-refractivity contribution in [1.82, 2.24) is 25.2 Å². The zero-order valence-corrected chi connectivity index (χ0v) is 18.6. The number of methoxy groups -OCH3 is 1. The molecule has 31 heavy (non-hydrogen) atoms. The van der Waals surface area contributed by atoms with Gasteiger partial charge in [0.1, 0.15) is 16.4 Å². The number of thiazole rings is 1. The lowest BCUT2D eigenvalue weighted by Gasteiger charge is -2.08. The summed E-state index contributed by atoms with van der Waals surface area (Å²) in [7, 11) is 1.61. The number of rotatable bonds is 8. The number of hydrogen-bond donors (Lipinski definition) is 1. The highest BCUT2D eigenvalue weighted by Crippen LogP contribution is 2.27. The number of thioether (sulfide) groups is 1. The molecule has 0 unspecified atom stereocenters. The molecule has 0 aliphatic rings. The Morgan fingerprint density at radius 3 is 2.81 bits per heavy atom. The van der Waals surface area contributed by atoms with E-state index in [4.69, 9.17) is 4.74 Å². The van der Waals surface area contributed by atoms with E-state index in [1.54, 1.807) is 11.8 Å². The number of carbonyl (C=O) groups is 1. The summed E-state index contributed by atoms with van der Waals surface area (Å²) in [6, 6.07) is 15.3. The van der Waals surface area contributed by atoms with E-state index in [0.717, 1.165) is 27.6 Å². The van der Waals surface area contributed by atoms with Crippen molar-refractivity contribution in [3.63, 3.8) is 0 Å². The minimum Gasteiger partial charge on any atom is -0.494 e. The van der Waals surface area contributed by atoms with Gasteiger partial charge < -0.3 is 10.1 Å². The molecule has 0 radical (unpaired) electrons. The molecular weight excluding hydrogens is 432 g/mol. The fourth-order valence-corrected chi connectivity index (χ4v) is 4.51. The van der Waals surface area contributed by atoms with Crippen LogP contribution in [0.2, 0.25) is 0 Å². The number of nitrogens with one attached hydrogen (secondary N) is 1. The number of tetrazole rings is 1. The summed E-state index contributed by atoms with van der Waals surface area (Å²) >= 11 is 2.94. The number of nitrogens with zero attached hydrogens (tertiary/aromatic N) is 5. The Kier molecular flexibility index (Phi) is 6.58. The van der Waals surface area contributed by atoms with Gasteiger partial charge in [-0.1, -0.05) is 41.6 Å². The number of amides is 1. The SMILES string of the molecule is COc1ccccc1-n1nnnc1SCc1csc(CC(=O)Nc2ccc(C)cc2)n1. The van der Waals surface area contributed by atoms with Crippen molar-refractivity contribution in [2.24, 2.45) is 0 Å². The molecule has 0 aliphatic carbocycles. The third-order valence-electron chi connectivity index (χ3n) is 4.35. The predicted molar refractivity (Wildman–Crippen MR) is 121 cm³/mol. The molecule has 0 aliphatic heterocycles. The highest BCUT2D eigenvalue weighted by molar-refractivity contribution is 7.98. The Hall–Kier alpha value is -3.24. The molecule has 2 aromatic heterocycles. The monoisotopic (exact) mass is 452 g/mol. The fourth-order valence-electron chi connectivity index (χ4n) is 2.84. The lowest BCUT2D eigenvalue weighted by molar-refractivity contribution is -0.115. The lowest BCUT2D eigenvalue weighted by atomic mass is 10.2. The van der Waals surface area contributed by atoms with Crippen LogP contribution in [0.1, 0.15) is 16.3 Å². The molecule has 0 atom stereocenters. The highest BCUT2D eigenvalue weighted by Gasteiger charge is 2.14. The molecule has 1 N–H and O–H groups in total. The summed E-state index contributed by atoms with van der Waals surface area (Å²) in [5.74, 6) is 1.19. The fraction of sp³-hybridized carbons (Fsp3) is 0.190. The van der Waals surface area contributed by atoms with Crippen LogP contribution in [0.25, 0.3) is 5.69 Å². The van der Waals surface area contributed by atoms with Crippen molar-refractivity contribution in [1.29, 1.82) is 0 Å². The molecule has 0 saturated carbocycles. The van der Waals surface area contributed by atoms with Gasteiger partial charge in [-0.2, -0.15) is 4.68 Å². The zero-order chi connectivity index (χ0) is 21.6. The summed E-state index contributed by atoms with van der Waals surface area (Å²) in [6.45, 7) is 2.01. The Labute approximate surface area is 187 Å². The number of carbonyl (C=O) groups excluding carboxylic acids is 1. The van der Waals surface area contributed by atoms with Gasteiger partial charge >= 0.3 is 0 Å². The lowest BCUT2D eigenvalue weighted by Crippen LogP contribution is -2.14. The van der Waals surface area contributed by atoms with Crippen molar-refractivity contribution in [3.05, 3.63) is 70.2 Å². The zero-order valence-electron chi connectivity index (χ0n) is 17.0. The van der Waals surface area contributed by atoms with E-state index in [2.05, 4.69) is 25.8 Å². The normalized spacial score (nSPS) is 10.8. The first kappa shape index (κ1) is 21.0. The van der Waals surface area contributed by atoms with Crippen LogP contribution in [0.5, 0.6) is 5.75 Å². The van der Waals surface area contributed by atoms with Crippen LogP contribution in [0.3, 0.4) is 0 Å². The molecule has 0 spiro atoms. The second-order valence-corrected chi connectivity index (χ2v) is 8.54. The maximum Gasteiger partial charge on any atom is 0.231 e. The molecule has 4 rings (SSSR count). The van der Waals surface area contributed by atoms with E-state index in [1.165, 1.54) is 23.1 Å². The minimum absolute atomic E-state index is 0.0856. The van der Waals surface area contributed by atoms with E-state index in [1.807, 2.05) is 60.8 Å². The summed E-state index contributed by atoms with van der Waals surface area (Å²) < 4.78 is 7.05. The summed E-state index contributed by atoms with van der Waals surface area (Å²) in [4.78, 5) is 16.9. The smallest absolute Gasteiger partial charge is 0.231 e. The van der Waals surface area contributed by atoms with Gasteiger partial charge in [0.15, 0.2) is 0 Å². The number of ether oxygens (including phenoxy) is 1. The molecule has 8 nitrogen and oxygen atoms in total. The van der Waals surface area contributed by atoms with E-state index in [-0.39, 0.29) is 12.3 Å². The first-order chi connectivity index (χ1) is 15.1. The van der Waals surface area contributed by atoms with Crippen LogP contribution in [0, 0.1) is 6.92 Å². The van der Waals surface area contributed by atoms with Crippen LogP contribution < -0.4 is 10.1 Å². The van der Waals surface area contributed by atoms with Gasteiger partial charge in [0.2, 0.25) is 11.1 Å². The van der Waals surface area contributed by atoms with Gasteiger partial charge in [0.05, 0.1) is 19.2 Å². The maximum atomic E-state index is 12.3. The average molecular weight is 453 g/mol. The average Bonchev–Trinajstić information content (AvgIpc) is 3.43. The first-order valence-corrected chi connectivity index (χ1v) is 11.3. The van der Waals surface area contributed by atoms with Gasteiger partial charge in [0.25, 0.3) is 0 Å². The topological polar surface area (TPSA) is 94.8 Å². The molecule has 4 aromatic rings. The first-order valence-electron chi connectivity index (χ1n) is 9.47. The Morgan fingerprint density at radius 2 is 2.00 bits per heavy atom. The molecule has 2 heterocycles. The standard InChI is InChI=1S/C21H20N6O2S2/c1-14-7-9-15(10-8-14)22-19(28)11-20-23-16(12-30-20)13-31-21-24-25-26-27(21)17-5-3-4-6-18(17)29-2/h3-10,12H,11,13H2,1-2H3,(H,22,28). The second-order valence-electron chi connectivity index (χ2n) is 6.66. The number of aromatic nitrogens is 5. The van der Waals surface area contributed by atoms with Crippen LogP contribution in [-0.4, -0.2) is 38.2 Å². The van der Waals surface area contributed by atoms with Crippen molar-refractivity contribution in [3.8, 4) is 11.4 Å². The molecule has 1 amide bonds. The van der Waals surface area contributed by atoms with Gasteiger partial charge in [-0.15, -0.1) is 16.4 Å². The van der Waals surface area contributed by atoms with Gasteiger partial charge in [-0.25, -0.2) is 4.98 Å². The quantitative estimate of drug-likeness (QED) is 0.405. The highest BCUT2D eigenvalue weighted by atomic mass is 32.2. The third-order valence-corrected chi connectivity index (χ3v) is 6.20. The van der Waals surface area contributed by atoms with E-state index < -0.39 is 0 Å². The molecule has 158 valence electrons. The van der Waals surface area contributed by atoms with Crippen molar-refractivity contribution < 1.29 is 9.53 Å². The summed E-state index contributed by atoms with van der Waals surface area (Å²) in [5.41, 5.74) is 3.58. The Balaban J connectivity index is 1.36. The molecule has 2 aromatic carbocycles. The molecule has 0 bridgehead atoms. The summed E-state index contributed by atoms with van der Waals surface area (Å²) in [6.07, 6.45) is 0.238. The van der Waals surface area contributed by atoms with Crippen molar-refractivity contribution >= 4 is 34.7 Å². The number of anilines is 1. The van der Waals surface area contributed by atoms with Crippen molar-refractivity contribution in [2.75, 3.05) is 12.4 Å². The molecule has 0 saturated heterocycles. The van der Waals surface area contributed by atoms with Crippen LogP contribution in [0.4, 0.5) is 5.69 Å². The molecular formula is C21H20N6O2S2. The second kappa shape index (κ2) is 9.71. The van der Waals surface area contributed by atoms with E-state index in [9.17, 15) is 4.79 Å². The minimum atomic E-state index is -0.0856. The molecule has 10 heteroatoms. The van der Waals surface area contributed by atoms with E-state index in [0.29, 0.717) is 16.7 Å². The largest absolute Gasteiger partial charge is 0.494 e. The van der Waals surface area contributed by atoms with Crippen molar-refractivity contribution in [2.45, 2.75) is 24.3 Å². The number of aryl methyl sites for hydroxylation is 1. The Morgan fingerprint density at radius 1 is 1.19 bits per heavy atom.